The highest BCUT2D eigenvalue weighted by Gasteiger charge is 2.42. The van der Waals surface area contributed by atoms with Gasteiger partial charge in [0.2, 0.25) is 0 Å². The first-order valence-electron chi connectivity index (χ1n) is 8.60. The smallest absolute Gasteiger partial charge is 0.254 e. The Balaban J connectivity index is 1.79. The van der Waals surface area contributed by atoms with Gasteiger partial charge in [0.15, 0.2) is 11.5 Å². The van der Waals surface area contributed by atoms with Crippen LogP contribution in [0, 0.1) is 11.8 Å². The topological polar surface area (TPSA) is 64.8 Å². The highest BCUT2D eigenvalue weighted by atomic mass is 35.5. The van der Waals surface area contributed by atoms with Gasteiger partial charge < -0.3 is 20.1 Å². The molecule has 1 amide bonds. The van der Waals surface area contributed by atoms with E-state index in [4.69, 9.17) is 26.8 Å². The van der Waals surface area contributed by atoms with Gasteiger partial charge in [0, 0.05) is 24.7 Å². The van der Waals surface area contributed by atoms with E-state index < -0.39 is 0 Å². The van der Waals surface area contributed by atoms with Crippen LogP contribution in [0.15, 0.2) is 12.1 Å². The molecule has 0 aromatic heterocycles. The summed E-state index contributed by atoms with van der Waals surface area (Å²) < 4.78 is 11.0. The number of carbonyl (C=O) groups is 1. The van der Waals surface area contributed by atoms with Crippen molar-refractivity contribution < 1.29 is 14.3 Å². The fourth-order valence-electron chi connectivity index (χ4n) is 3.84. The fraction of sp³-hybridized carbons (Fsp3) is 0.611. The zero-order valence-electron chi connectivity index (χ0n) is 14.3. The number of likely N-dealkylation sites (tertiary alicyclic amines) is 1. The van der Waals surface area contributed by atoms with E-state index in [9.17, 15) is 4.79 Å². The lowest BCUT2D eigenvalue weighted by atomic mass is 9.98. The normalized spacial score (nSPS) is 25.7. The minimum atomic E-state index is -0.0150. The van der Waals surface area contributed by atoms with E-state index in [0.29, 0.717) is 40.5 Å². The molecule has 3 unspecified atom stereocenters. The summed E-state index contributed by atoms with van der Waals surface area (Å²) in [7, 11) is 1.55. The van der Waals surface area contributed by atoms with Crippen LogP contribution in [0.25, 0.3) is 0 Å². The Kier molecular flexibility index (Phi) is 5.21. The maximum Gasteiger partial charge on any atom is 0.254 e. The van der Waals surface area contributed by atoms with E-state index in [-0.39, 0.29) is 11.9 Å². The Morgan fingerprint density at radius 3 is 2.83 bits per heavy atom. The first-order chi connectivity index (χ1) is 11.5. The van der Waals surface area contributed by atoms with Crippen molar-refractivity contribution in [1.29, 1.82) is 0 Å². The number of carbonyl (C=O) groups excluding carboxylic acids is 1. The molecule has 0 radical (unpaired) electrons. The molecule has 1 aliphatic carbocycles. The standard InChI is InChI=1S/C18H25ClN2O3/c1-3-6-24-17-14(19)7-12(8-16(17)23-2)18(22)21-9-11-4-5-15(20)13(11)10-21/h7-8,11,13,15H,3-6,9-10,20H2,1-2H3. The molecule has 1 heterocycles. The molecule has 1 aromatic carbocycles. The van der Waals surface area contributed by atoms with Crippen molar-refractivity contribution >= 4 is 17.5 Å². The monoisotopic (exact) mass is 352 g/mol. The number of fused-ring (bicyclic) bond motifs is 1. The Hall–Kier alpha value is -1.46. The summed E-state index contributed by atoms with van der Waals surface area (Å²) >= 11 is 6.32. The maximum atomic E-state index is 12.9. The SMILES string of the molecule is CCCOc1c(Cl)cc(C(=O)N2CC3CCC(N)C3C2)cc1OC. The van der Waals surface area contributed by atoms with Crippen molar-refractivity contribution in [3.63, 3.8) is 0 Å². The van der Waals surface area contributed by atoms with Gasteiger partial charge >= 0.3 is 0 Å². The largest absolute Gasteiger partial charge is 0.493 e. The van der Waals surface area contributed by atoms with Crippen LogP contribution in [0.1, 0.15) is 36.5 Å². The highest BCUT2D eigenvalue weighted by Crippen LogP contribution is 2.40. The van der Waals surface area contributed by atoms with Gasteiger partial charge in [-0.15, -0.1) is 0 Å². The number of ether oxygens (including phenoxy) is 2. The summed E-state index contributed by atoms with van der Waals surface area (Å²) in [5.74, 6) is 1.94. The van der Waals surface area contributed by atoms with Crippen LogP contribution in [0.4, 0.5) is 0 Å². The molecule has 6 heteroatoms. The molecule has 0 spiro atoms. The van der Waals surface area contributed by atoms with Gasteiger partial charge in [-0.1, -0.05) is 18.5 Å². The van der Waals surface area contributed by atoms with Crippen molar-refractivity contribution in [2.75, 3.05) is 26.8 Å². The van der Waals surface area contributed by atoms with Crippen LogP contribution in [-0.4, -0.2) is 43.7 Å². The van der Waals surface area contributed by atoms with Crippen molar-refractivity contribution in [3.05, 3.63) is 22.7 Å². The van der Waals surface area contributed by atoms with Gasteiger partial charge in [-0.05, 0) is 43.2 Å². The number of methoxy groups -OCH3 is 1. The number of rotatable bonds is 5. The van der Waals surface area contributed by atoms with E-state index >= 15 is 0 Å². The van der Waals surface area contributed by atoms with E-state index in [1.165, 1.54) is 0 Å². The Bertz CT molecular complexity index is 623. The van der Waals surface area contributed by atoms with Crippen LogP contribution in [0.3, 0.4) is 0 Å². The number of nitrogens with two attached hydrogens (primary N) is 1. The molecule has 2 fully saturated rings. The Morgan fingerprint density at radius 1 is 1.38 bits per heavy atom. The van der Waals surface area contributed by atoms with Crippen LogP contribution in [-0.2, 0) is 0 Å². The molecule has 5 nitrogen and oxygen atoms in total. The molecule has 132 valence electrons. The quantitative estimate of drug-likeness (QED) is 0.884. The molecule has 3 rings (SSSR count). The second kappa shape index (κ2) is 7.19. The molecule has 2 N–H and O–H groups in total. The molecule has 3 atom stereocenters. The summed E-state index contributed by atoms with van der Waals surface area (Å²) in [6.07, 6.45) is 3.06. The van der Waals surface area contributed by atoms with Crippen molar-refractivity contribution in [1.82, 2.24) is 4.90 Å². The van der Waals surface area contributed by atoms with Crippen LogP contribution < -0.4 is 15.2 Å². The van der Waals surface area contributed by atoms with Gasteiger partial charge in [0.05, 0.1) is 18.7 Å². The van der Waals surface area contributed by atoms with E-state index in [1.54, 1.807) is 19.2 Å². The zero-order valence-corrected chi connectivity index (χ0v) is 15.0. The number of hydrogen-bond acceptors (Lipinski definition) is 4. The number of hydrogen-bond donors (Lipinski definition) is 1. The van der Waals surface area contributed by atoms with Gasteiger partial charge in [-0.25, -0.2) is 0 Å². The lowest BCUT2D eigenvalue weighted by Crippen LogP contribution is -2.33. The predicted octanol–water partition coefficient (Wildman–Crippen LogP) is 2.95. The Labute approximate surface area is 148 Å². The number of halogens is 1. The third kappa shape index (κ3) is 3.20. The van der Waals surface area contributed by atoms with Gasteiger partial charge in [-0.3, -0.25) is 4.79 Å². The van der Waals surface area contributed by atoms with E-state index in [1.807, 2.05) is 11.8 Å². The lowest BCUT2D eigenvalue weighted by molar-refractivity contribution is 0.0779. The number of nitrogens with zero attached hydrogens (tertiary/aromatic N) is 1. The van der Waals surface area contributed by atoms with Crippen LogP contribution in [0.2, 0.25) is 5.02 Å². The van der Waals surface area contributed by atoms with Gasteiger partial charge in [0.1, 0.15) is 0 Å². The van der Waals surface area contributed by atoms with E-state index in [2.05, 4.69) is 0 Å². The molecule has 2 aliphatic rings. The zero-order chi connectivity index (χ0) is 17.3. The maximum absolute atomic E-state index is 12.9. The number of benzene rings is 1. The van der Waals surface area contributed by atoms with Crippen molar-refractivity contribution in [2.45, 2.75) is 32.2 Å². The van der Waals surface area contributed by atoms with Crippen molar-refractivity contribution in [2.24, 2.45) is 17.6 Å². The summed E-state index contributed by atoms with van der Waals surface area (Å²) in [4.78, 5) is 14.8. The van der Waals surface area contributed by atoms with Gasteiger partial charge in [-0.2, -0.15) is 0 Å². The average molecular weight is 353 g/mol. The van der Waals surface area contributed by atoms with Gasteiger partial charge in [0.25, 0.3) is 5.91 Å². The van der Waals surface area contributed by atoms with Crippen LogP contribution >= 0.6 is 11.6 Å². The summed E-state index contributed by atoms with van der Waals surface area (Å²) in [6.45, 7) is 4.09. The molecule has 1 saturated heterocycles. The molecular formula is C18H25ClN2O3. The summed E-state index contributed by atoms with van der Waals surface area (Å²) in [5, 5.41) is 0.405. The molecular weight excluding hydrogens is 328 g/mol. The first kappa shape index (κ1) is 17.4. The number of amides is 1. The lowest BCUT2D eigenvalue weighted by Gasteiger charge is -2.20. The second-order valence-electron chi connectivity index (χ2n) is 6.71. The second-order valence-corrected chi connectivity index (χ2v) is 7.12. The minimum Gasteiger partial charge on any atom is -0.493 e. The molecule has 1 saturated carbocycles. The summed E-state index contributed by atoms with van der Waals surface area (Å²) in [6, 6.07) is 3.61. The van der Waals surface area contributed by atoms with Crippen molar-refractivity contribution in [3.8, 4) is 11.5 Å². The Morgan fingerprint density at radius 2 is 2.17 bits per heavy atom. The van der Waals surface area contributed by atoms with Crippen LogP contribution in [0.5, 0.6) is 11.5 Å². The predicted molar refractivity (Wildman–Crippen MR) is 93.9 cm³/mol. The highest BCUT2D eigenvalue weighted by molar-refractivity contribution is 6.32. The molecule has 0 bridgehead atoms. The molecule has 1 aliphatic heterocycles. The molecule has 24 heavy (non-hydrogen) atoms. The first-order valence-corrected chi connectivity index (χ1v) is 8.98. The third-order valence-electron chi connectivity index (χ3n) is 5.13. The van der Waals surface area contributed by atoms with E-state index in [0.717, 1.165) is 32.4 Å². The minimum absolute atomic E-state index is 0.0150. The average Bonchev–Trinajstić information content (AvgIpc) is 3.14. The summed E-state index contributed by atoms with van der Waals surface area (Å²) in [5.41, 5.74) is 6.70. The molecule has 1 aromatic rings. The fourth-order valence-corrected chi connectivity index (χ4v) is 4.11. The third-order valence-corrected chi connectivity index (χ3v) is 5.41.